The maximum absolute atomic E-state index is 13.1. The second-order valence-electron chi connectivity index (χ2n) is 15.6. The van der Waals surface area contributed by atoms with Gasteiger partial charge in [0.15, 0.2) is 25.3 Å². The Hall–Kier alpha value is -5.05. The Kier molecular flexibility index (Phi) is 11.6. The molecule has 57 heavy (non-hydrogen) atoms. The molecule has 1 aliphatic heterocycles. The summed E-state index contributed by atoms with van der Waals surface area (Å²) >= 11 is 1.56. The number of carbonyl (C=O) groups excluding carboxylic acids is 1. The quantitative estimate of drug-likeness (QED) is 0.0867. The number of fused-ring (bicyclic) bond motifs is 1. The van der Waals surface area contributed by atoms with Crippen molar-refractivity contribution in [1.82, 2.24) is 19.5 Å². The van der Waals surface area contributed by atoms with Gasteiger partial charge in [-0.25, -0.2) is 15.0 Å². The lowest BCUT2D eigenvalue weighted by molar-refractivity contribution is -0.0235. The van der Waals surface area contributed by atoms with E-state index in [9.17, 15) is 9.90 Å². The molecule has 7 rings (SSSR count). The van der Waals surface area contributed by atoms with E-state index in [1.807, 2.05) is 89.5 Å². The number of nitrogens with one attached hydrogen (secondary N) is 1. The van der Waals surface area contributed by atoms with Crippen LogP contribution in [0.25, 0.3) is 11.2 Å². The Balaban J connectivity index is 1.28. The Morgan fingerprint density at radius 2 is 1.37 bits per heavy atom. The molecule has 3 heterocycles. The van der Waals surface area contributed by atoms with Crippen LogP contribution in [0.3, 0.4) is 0 Å². The van der Waals surface area contributed by atoms with Crippen molar-refractivity contribution in [3.8, 4) is 11.5 Å². The minimum Gasteiger partial charge on any atom is -0.497 e. The summed E-state index contributed by atoms with van der Waals surface area (Å²) in [5.74, 6) is 1.45. The van der Waals surface area contributed by atoms with Gasteiger partial charge < -0.3 is 29.1 Å². The molecule has 0 radical (unpaired) electrons. The Morgan fingerprint density at radius 1 is 0.807 bits per heavy atom. The fourth-order valence-electron chi connectivity index (χ4n) is 6.90. The van der Waals surface area contributed by atoms with Crippen molar-refractivity contribution in [3.05, 3.63) is 144 Å². The fourth-order valence-corrected chi connectivity index (χ4v) is 9.78. The average molecular weight is 804 g/mol. The van der Waals surface area contributed by atoms with Crippen LogP contribution in [-0.2, 0) is 14.8 Å². The molecule has 1 saturated heterocycles. The number of hydrogen-bond donors (Lipinski definition) is 2. The topological polar surface area (TPSA) is 130 Å². The molecule has 0 aliphatic carbocycles. The molecule has 13 heteroatoms. The van der Waals surface area contributed by atoms with Crippen molar-refractivity contribution in [2.45, 2.75) is 67.3 Å². The van der Waals surface area contributed by atoms with Gasteiger partial charge in [-0.2, -0.15) is 0 Å². The minimum absolute atomic E-state index is 0.129. The number of aliphatic hydroxyl groups is 1. The standard InChI is InChI=1S/C44H49N5O6SSi/c1-43(2,3)57(6,7)55-38-37(50)35(56-42(38)49-28-47-36-39(45-27-46-40(36)49)48-41(51)29-14-10-8-11-15-29)26-54-44(30-16-12-9-13-17-30,31-18-22-33(52-4)23-19-31)32-20-24-34(53-5)25-21-32/h8-25,27-28,35,37-38,42,50H,26H2,1-7H3,(H,45,46,48,51)/t35-,37-,38-,42-/m1/s1. The minimum atomic E-state index is -2.43. The SMILES string of the molecule is COc1ccc(C(OC[C@H]2S[C@@H](n3cnc4c(NC(=O)c5ccccc5)ncnc43)[C@H](O[Si](C)(C)C(C)(C)C)[C@@H]2O)(c2ccccc2)c2ccc(OC)cc2)cc1. The number of aliphatic hydroxyl groups excluding tert-OH is 1. The van der Waals surface area contributed by atoms with Gasteiger partial charge in [-0.15, -0.1) is 11.8 Å². The van der Waals surface area contributed by atoms with Gasteiger partial charge >= 0.3 is 0 Å². The van der Waals surface area contributed by atoms with Gasteiger partial charge in [-0.3, -0.25) is 9.36 Å². The van der Waals surface area contributed by atoms with Crippen LogP contribution in [0.1, 0.15) is 53.2 Å². The molecule has 11 nitrogen and oxygen atoms in total. The van der Waals surface area contributed by atoms with Crippen LogP contribution in [0.4, 0.5) is 5.82 Å². The van der Waals surface area contributed by atoms with Gasteiger partial charge in [0.25, 0.3) is 5.91 Å². The van der Waals surface area contributed by atoms with Gasteiger partial charge in [0, 0.05) is 5.56 Å². The summed E-state index contributed by atoms with van der Waals surface area (Å²) in [7, 11) is 0.863. The number of ether oxygens (including phenoxy) is 3. The summed E-state index contributed by atoms with van der Waals surface area (Å²) in [5.41, 5.74) is 3.08. The maximum Gasteiger partial charge on any atom is 0.256 e. The highest BCUT2D eigenvalue weighted by molar-refractivity contribution is 8.00. The van der Waals surface area contributed by atoms with Crippen LogP contribution in [-0.4, -0.2) is 77.1 Å². The van der Waals surface area contributed by atoms with Crippen molar-refractivity contribution in [2.75, 3.05) is 26.1 Å². The molecule has 296 valence electrons. The largest absolute Gasteiger partial charge is 0.497 e. The first-order chi connectivity index (χ1) is 27.4. The van der Waals surface area contributed by atoms with E-state index in [0.717, 1.165) is 28.2 Å². The molecule has 4 atom stereocenters. The number of rotatable bonds is 13. The molecule has 4 aromatic carbocycles. The molecule has 0 unspecified atom stereocenters. The molecule has 2 N–H and O–H groups in total. The Labute approximate surface area is 338 Å². The zero-order valence-corrected chi connectivity index (χ0v) is 35.1. The van der Waals surface area contributed by atoms with Crippen LogP contribution >= 0.6 is 11.8 Å². The summed E-state index contributed by atoms with van der Waals surface area (Å²) in [4.78, 5) is 26.9. The number of anilines is 1. The third kappa shape index (κ3) is 7.95. The number of methoxy groups -OCH3 is 2. The maximum atomic E-state index is 13.1. The van der Waals surface area contributed by atoms with Gasteiger partial charge in [0.2, 0.25) is 0 Å². The third-order valence-electron chi connectivity index (χ3n) is 11.1. The van der Waals surface area contributed by atoms with Gasteiger partial charge in [-0.1, -0.05) is 93.6 Å². The van der Waals surface area contributed by atoms with E-state index in [4.69, 9.17) is 23.6 Å². The number of aromatic nitrogens is 4. The number of hydrogen-bond acceptors (Lipinski definition) is 10. The van der Waals surface area contributed by atoms with E-state index in [2.05, 4.69) is 61.3 Å². The molecule has 6 aromatic rings. The van der Waals surface area contributed by atoms with Gasteiger partial charge in [0.1, 0.15) is 34.9 Å². The number of carbonyl (C=O) groups is 1. The number of thioether (sulfide) groups is 1. The van der Waals surface area contributed by atoms with E-state index in [1.54, 1.807) is 44.4 Å². The number of imidazole rings is 1. The lowest BCUT2D eigenvalue weighted by Gasteiger charge is -2.40. The first kappa shape index (κ1) is 40.2. The van der Waals surface area contributed by atoms with Crippen LogP contribution < -0.4 is 14.8 Å². The predicted molar refractivity (Wildman–Crippen MR) is 226 cm³/mol. The zero-order valence-electron chi connectivity index (χ0n) is 33.2. The number of benzene rings is 4. The molecular formula is C44H49N5O6SSi. The van der Waals surface area contributed by atoms with Crippen LogP contribution in [0.5, 0.6) is 11.5 Å². The van der Waals surface area contributed by atoms with Gasteiger partial charge in [0.05, 0.1) is 38.5 Å². The van der Waals surface area contributed by atoms with Crippen molar-refractivity contribution in [2.24, 2.45) is 0 Å². The van der Waals surface area contributed by atoms with Crippen LogP contribution in [0, 0.1) is 0 Å². The van der Waals surface area contributed by atoms with E-state index < -0.39 is 36.8 Å². The van der Waals surface area contributed by atoms with Crippen LogP contribution in [0.15, 0.2) is 122 Å². The predicted octanol–water partition coefficient (Wildman–Crippen LogP) is 8.47. The molecule has 0 bridgehead atoms. The molecule has 1 fully saturated rings. The highest BCUT2D eigenvalue weighted by Crippen LogP contribution is 2.50. The lowest BCUT2D eigenvalue weighted by atomic mass is 9.80. The van der Waals surface area contributed by atoms with E-state index in [1.165, 1.54) is 6.33 Å². The number of amides is 1. The average Bonchev–Trinajstić information content (AvgIpc) is 3.79. The highest BCUT2D eigenvalue weighted by Gasteiger charge is 2.51. The molecule has 0 spiro atoms. The van der Waals surface area contributed by atoms with Crippen molar-refractivity contribution in [1.29, 1.82) is 0 Å². The first-order valence-corrected chi connectivity index (χ1v) is 22.7. The smallest absolute Gasteiger partial charge is 0.256 e. The highest BCUT2D eigenvalue weighted by atomic mass is 32.2. The molecule has 0 saturated carbocycles. The zero-order chi connectivity index (χ0) is 40.4. The van der Waals surface area contributed by atoms with Crippen LogP contribution in [0.2, 0.25) is 18.1 Å². The summed E-state index contributed by atoms with van der Waals surface area (Å²) in [5, 5.41) is 14.3. The Bertz CT molecular complexity index is 2240. The lowest BCUT2D eigenvalue weighted by Crippen LogP contribution is -2.49. The van der Waals surface area contributed by atoms with E-state index >= 15 is 0 Å². The third-order valence-corrected chi connectivity index (χ3v) is 17.1. The van der Waals surface area contributed by atoms with Gasteiger partial charge in [-0.05, 0) is 71.2 Å². The summed E-state index contributed by atoms with van der Waals surface area (Å²) < 4.78 is 27.4. The molecule has 1 amide bonds. The summed E-state index contributed by atoms with van der Waals surface area (Å²) in [6.45, 7) is 11.1. The molecular weight excluding hydrogens is 755 g/mol. The van der Waals surface area contributed by atoms with Crippen molar-refractivity contribution < 1.29 is 28.5 Å². The normalized spacial score (nSPS) is 18.7. The Morgan fingerprint density at radius 3 is 1.93 bits per heavy atom. The van der Waals surface area contributed by atoms with E-state index in [0.29, 0.717) is 22.5 Å². The second kappa shape index (κ2) is 16.4. The summed E-state index contributed by atoms with van der Waals surface area (Å²) in [6.07, 6.45) is 1.55. The summed E-state index contributed by atoms with van der Waals surface area (Å²) in [6, 6.07) is 34.9. The number of nitrogens with zero attached hydrogens (tertiary/aromatic N) is 4. The molecule has 2 aromatic heterocycles. The van der Waals surface area contributed by atoms with E-state index in [-0.39, 0.29) is 17.6 Å². The second-order valence-corrected chi connectivity index (χ2v) is 21.7. The van der Waals surface area contributed by atoms with Crippen molar-refractivity contribution in [3.63, 3.8) is 0 Å². The monoisotopic (exact) mass is 803 g/mol. The van der Waals surface area contributed by atoms with Crippen molar-refractivity contribution >= 4 is 43.0 Å². The fraction of sp³-hybridized carbons (Fsp3) is 0.318. The molecule has 1 aliphatic rings. The first-order valence-electron chi connectivity index (χ1n) is 18.9.